The van der Waals surface area contributed by atoms with E-state index in [9.17, 15) is 18.0 Å². The van der Waals surface area contributed by atoms with E-state index in [0.717, 1.165) is 0 Å². The van der Waals surface area contributed by atoms with Crippen LogP contribution in [0.25, 0.3) is 0 Å². The van der Waals surface area contributed by atoms with Crippen molar-refractivity contribution in [1.29, 1.82) is 0 Å². The first kappa shape index (κ1) is 12.2. The van der Waals surface area contributed by atoms with Gasteiger partial charge < -0.3 is 11.1 Å². The number of hydrogen-bond donors (Lipinski definition) is 2. The van der Waals surface area contributed by atoms with Gasteiger partial charge in [0.2, 0.25) is 5.91 Å². The molecule has 1 amide bonds. The quantitative estimate of drug-likeness (QED) is 0.704. The van der Waals surface area contributed by atoms with Crippen molar-refractivity contribution in [2.75, 3.05) is 6.54 Å². The molecule has 0 aromatic heterocycles. The number of nitrogens with one attached hydrogen (secondary N) is 1. The van der Waals surface area contributed by atoms with E-state index in [1.54, 1.807) is 12.2 Å². The first-order valence-electron chi connectivity index (χ1n) is 3.83. The molecule has 0 radical (unpaired) electrons. The average Bonchev–Trinajstić information content (AvgIpc) is 1.98. The van der Waals surface area contributed by atoms with Crippen LogP contribution in [0.4, 0.5) is 13.2 Å². The van der Waals surface area contributed by atoms with Gasteiger partial charge in [-0.3, -0.25) is 4.79 Å². The fraction of sp³-hybridized carbons (Fsp3) is 0.857. The molecule has 1 unspecified atom stereocenters. The molecular formula is C7H13F3N2O. The second kappa shape index (κ2) is 3.95. The molecule has 1 atom stereocenters. The molecule has 0 aliphatic carbocycles. The monoisotopic (exact) mass is 198 g/mol. The predicted molar refractivity (Wildman–Crippen MR) is 41.9 cm³/mol. The summed E-state index contributed by atoms with van der Waals surface area (Å²) in [5, 5.41) is 1.72. The van der Waals surface area contributed by atoms with Gasteiger partial charge in [-0.25, -0.2) is 0 Å². The SMILES string of the molecule is CCC(C)(N)C(=O)NCC(F)(F)F. The highest BCUT2D eigenvalue weighted by atomic mass is 19.4. The molecule has 0 saturated heterocycles. The number of hydrogen-bond acceptors (Lipinski definition) is 2. The molecule has 3 nitrogen and oxygen atoms in total. The molecule has 3 N–H and O–H groups in total. The number of alkyl halides is 3. The van der Waals surface area contributed by atoms with E-state index >= 15 is 0 Å². The van der Waals surface area contributed by atoms with Crippen molar-refractivity contribution in [2.45, 2.75) is 32.0 Å². The van der Waals surface area contributed by atoms with Crippen molar-refractivity contribution >= 4 is 5.91 Å². The predicted octanol–water partition coefficient (Wildman–Crippen LogP) is 0.792. The van der Waals surface area contributed by atoms with Crippen LogP contribution < -0.4 is 11.1 Å². The Morgan fingerprint density at radius 1 is 1.46 bits per heavy atom. The van der Waals surface area contributed by atoms with Crippen LogP contribution in [0.1, 0.15) is 20.3 Å². The number of halogens is 3. The van der Waals surface area contributed by atoms with Crippen molar-refractivity contribution in [3.05, 3.63) is 0 Å². The maximum Gasteiger partial charge on any atom is 0.405 e. The fourth-order valence-corrected chi connectivity index (χ4v) is 0.543. The van der Waals surface area contributed by atoms with Gasteiger partial charge in [0.25, 0.3) is 0 Å². The van der Waals surface area contributed by atoms with Crippen LogP contribution in [0.15, 0.2) is 0 Å². The molecule has 0 bridgehead atoms. The lowest BCUT2D eigenvalue weighted by Crippen LogP contribution is -2.52. The number of carbonyl (C=O) groups excluding carboxylic acids is 1. The van der Waals surface area contributed by atoms with Gasteiger partial charge >= 0.3 is 6.18 Å². The van der Waals surface area contributed by atoms with Crippen LogP contribution in [-0.2, 0) is 4.79 Å². The number of carbonyl (C=O) groups is 1. The standard InChI is InChI=1S/C7H13F3N2O/c1-3-6(2,11)5(13)12-4-7(8,9)10/h3-4,11H2,1-2H3,(H,12,13). The molecule has 0 heterocycles. The van der Waals surface area contributed by atoms with Crippen molar-refractivity contribution in [1.82, 2.24) is 5.32 Å². The first-order valence-corrected chi connectivity index (χ1v) is 3.83. The molecule has 0 spiro atoms. The Kier molecular flexibility index (Phi) is 3.71. The Labute approximate surface area is 74.5 Å². The van der Waals surface area contributed by atoms with E-state index in [4.69, 9.17) is 5.73 Å². The van der Waals surface area contributed by atoms with Crippen LogP contribution in [0.3, 0.4) is 0 Å². The molecule has 0 saturated carbocycles. The Hall–Kier alpha value is -0.780. The van der Waals surface area contributed by atoms with Gasteiger partial charge in [0.15, 0.2) is 0 Å². The molecular weight excluding hydrogens is 185 g/mol. The minimum Gasteiger partial charge on any atom is -0.345 e. The second-order valence-electron chi connectivity index (χ2n) is 3.07. The Morgan fingerprint density at radius 2 is 1.92 bits per heavy atom. The zero-order valence-electron chi connectivity index (χ0n) is 7.53. The molecule has 78 valence electrons. The summed E-state index contributed by atoms with van der Waals surface area (Å²) in [6, 6.07) is 0. The van der Waals surface area contributed by atoms with Crippen LogP contribution >= 0.6 is 0 Å². The van der Waals surface area contributed by atoms with Gasteiger partial charge in [0.1, 0.15) is 6.54 Å². The third-order valence-corrected chi connectivity index (χ3v) is 1.70. The van der Waals surface area contributed by atoms with Gasteiger partial charge in [0, 0.05) is 0 Å². The topological polar surface area (TPSA) is 55.1 Å². The van der Waals surface area contributed by atoms with Gasteiger partial charge in [0.05, 0.1) is 5.54 Å². The first-order chi connectivity index (χ1) is 5.69. The van der Waals surface area contributed by atoms with Crippen LogP contribution in [-0.4, -0.2) is 24.2 Å². The summed E-state index contributed by atoms with van der Waals surface area (Å²) >= 11 is 0. The molecule has 0 aliphatic rings. The Balaban J connectivity index is 4.03. The maximum absolute atomic E-state index is 11.7. The lowest BCUT2D eigenvalue weighted by Gasteiger charge is -2.21. The largest absolute Gasteiger partial charge is 0.405 e. The summed E-state index contributed by atoms with van der Waals surface area (Å²) < 4.78 is 35.0. The van der Waals surface area contributed by atoms with Crippen LogP contribution in [0, 0.1) is 0 Å². The average molecular weight is 198 g/mol. The van der Waals surface area contributed by atoms with Crippen molar-refractivity contribution < 1.29 is 18.0 Å². The Morgan fingerprint density at radius 3 is 2.23 bits per heavy atom. The minimum absolute atomic E-state index is 0.288. The molecule has 0 aromatic carbocycles. The molecule has 0 aliphatic heterocycles. The molecule has 0 rings (SSSR count). The fourth-order valence-electron chi connectivity index (χ4n) is 0.543. The summed E-state index contributed by atoms with van der Waals surface area (Å²) in [4.78, 5) is 11.0. The van der Waals surface area contributed by atoms with Gasteiger partial charge in [-0.1, -0.05) is 6.92 Å². The van der Waals surface area contributed by atoms with E-state index in [2.05, 4.69) is 0 Å². The van der Waals surface area contributed by atoms with Crippen LogP contribution in [0.5, 0.6) is 0 Å². The lowest BCUT2D eigenvalue weighted by atomic mass is 10.00. The van der Waals surface area contributed by atoms with E-state index in [0.29, 0.717) is 0 Å². The minimum atomic E-state index is -4.39. The van der Waals surface area contributed by atoms with Crippen molar-refractivity contribution in [3.63, 3.8) is 0 Å². The zero-order valence-corrected chi connectivity index (χ0v) is 7.53. The van der Waals surface area contributed by atoms with E-state index in [-0.39, 0.29) is 6.42 Å². The summed E-state index contributed by atoms with van der Waals surface area (Å²) in [7, 11) is 0. The van der Waals surface area contributed by atoms with E-state index in [1.165, 1.54) is 6.92 Å². The van der Waals surface area contributed by atoms with Crippen molar-refractivity contribution in [2.24, 2.45) is 5.73 Å². The summed E-state index contributed by atoms with van der Waals surface area (Å²) in [5.74, 6) is -0.785. The van der Waals surface area contributed by atoms with E-state index in [1.807, 2.05) is 0 Å². The molecule has 6 heteroatoms. The zero-order chi connectivity index (χ0) is 10.7. The van der Waals surface area contributed by atoms with E-state index < -0.39 is 24.2 Å². The maximum atomic E-state index is 11.7. The summed E-state index contributed by atoms with van der Waals surface area (Å²) in [6.07, 6.45) is -4.10. The highest BCUT2D eigenvalue weighted by Crippen LogP contribution is 2.13. The van der Waals surface area contributed by atoms with Crippen molar-refractivity contribution in [3.8, 4) is 0 Å². The number of amides is 1. The number of rotatable bonds is 3. The highest BCUT2D eigenvalue weighted by Gasteiger charge is 2.32. The molecule has 0 aromatic rings. The highest BCUT2D eigenvalue weighted by molar-refractivity contribution is 5.85. The molecule has 13 heavy (non-hydrogen) atoms. The molecule has 0 fully saturated rings. The lowest BCUT2D eigenvalue weighted by molar-refractivity contribution is -0.141. The van der Waals surface area contributed by atoms with Crippen LogP contribution in [0.2, 0.25) is 0 Å². The second-order valence-corrected chi connectivity index (χ2v) is 3.07. The summed E-state index contributed by atoms with van der Waals surface area (Å²) in [6.45, 7) is 1.69. The van der Waals surface area contributed by atoms with Gasteiger partial charge in [-0.15, -0.1) is 0 Å². The smallest absolute Gasteiger partial charge is 0.345 e. The Bertz CT molecular complexity index is 189. The third kappa shape index (κ3) is 4.72. The normalized spacial score (nSPS) is 16.5. The van der Waals surface area contributed by atoms with Gasteiger partial charge in [-0.05, 0) is 13.3 Å². The van der Waals surface area contributed by atoms with Gasteiger partial charge in [-0.2, -0.15) is 13.2 Å². The summed E-state index contributed by atoms with van der Waals surface area (Å²) in [5.41, 5.74) is 4.18. The third-order valence-electron chi connectivity index (χ3n) is 1.70. The number of nitrogens with two attached hydrogens (primary N) is 1.